The summed E-state index contributed by atoms with van der Waals surface area (Å²) in [6, 6.07) is 7.49. The zero-order valence-electron chi connectivity index (χ0n) is 7.50. The van der Waals surface area contributed by atoms with Crippen LogP contribution in [0, 0.1) is 0 Å². The summed E-state index contributed by atoms with van der Waals surface area (Å²) in [5, 5.41) is 6.82. The fraction of sp³-hybridized carbons (Fsp3) is 0. The zero-order chi connectivity index (χ0) is 10.8. The molecule has 3 nitrogen and oxygen atoms in total. The molecule has 0 aliphatic rings. The van der Waals surface area contributed by atoms with Crippen LogP contribution in [0.15, 0.2) is 28.7 Å². The molecule has 2 aromatic rings. The Morgan fingerprint density at radius 3 is 2.60 bits per heavy atom. The van der Waals surface area contributed by atoms with Gasteiger partial charge in [-0.1, -0.05) is 39.7 Å². The highest BCUT2D eigenvalue weighted by Gasteiger charge is 2.12. The van der Waals surface area contributed by atoms with Gasteiger partial charge in [-0.05, 0) is 12.1 Å². The molecule has 0 saturated carbocycles. The minimum Gasteiger partial charge on any atom is -0.298 e. The molecule has 1 heterocycles. The van der Waals surface area contributed by atoms with Crippen molar-refractivity contribution in [3.63, 3.8) is 0 Å². The first-order valence-corrected chi connectivity index (χ1v) is 5.34. The third-order valence-electron chi connectivity index (χ3n) is 1.99. The first-order chi connectivity index (χ1) is 7.22. The van der Waals surface area contributed by atoms with Gasteiger partial charge in [0.05, 0.1) is 5.56 Å². The maximum atomic E-state index is 10.8. The van der Waals surface area contributed by atoms with Crippen molar-refractivity contribution in [3.05, 3.63) is 39.5 Å². The molecule has 76 valence electrons. The number of nitrogens with one attached hydrogen (secondary N) is 1. The van der Waals surface area contributed by atoms with Gasteiger partial charge in [0, 0.05) is 10.0 Å². The molecule has 5 heteroatoms. The van der Waals surface area contributed by atoms with Gasteiger partial charge in [-0.15, -0.1) is 0 Å². The van der Waals surface area contributed by atoms with E-state index in [2.05, 4.69) is 26.1 Å². The molecule has 0 amide bonds. The van der Waals surface area contributed by atoms with E-state index in [0.717, 1.165) is 10.0 Å². The normalized spacial score (nSPS) is 10.3. The lowest BCUT2D eigenvalue weighted by Gasteiger charge is -1.97. The van der Waals surface area contributed by atoms with Crippen LogP contribution in [-0.4, -0.2) is 16.5 Å². The van der Waals surface area contributed by atoms with Gasteiger partial charge in [-0.3, -0.25) is 9.89 Å². The van der Waals surface area contributed by atoms with Crippen LogP contribution in [0.2, 0.25) is 5.15 Å². The Kier molecular flexibility index (Phi) is 2.88. The molecule has 0 saturated heterocycles. The summed E-state index contributed by atoms with van der Waals surface area (Å²) < 4.78 is 0.973. The number of H-pyrrole nitrogens is 1. The van der Waals surface area contributed by atoms with E-state index in [0.29, 0.717) is 17.5 Å². The topological polar surface area (TPSA) is 45.8 Å². The van der Waals surface area contributed by atoms with E-state index in [9.17, 15) is 4.79 Å². The summed E-state index contributed by atoms with van der Waals surface area (Å²) in [4.78, 5) is 10.8. The Labute approximate surface area is 99.6 Å². The quantitative estimate of drug-likeness (QED) is 0.861. The predicted molar refractivity (Wildman–Crippen MR) is 62.1 cm³/mol. The molecule has 0 spiro atoms. The number of carbonyl (C=O) groups excluding carboxylic acids is 1. The number of hydrogen-bond donors (Lipinski definition) is 1. The molecule has 0 radical (unpaired) electrons. The first kappa shape index (κ1) is 10.4. The van der Waals surface area contributed by atoms with Crippen molar-refractivity contribution in [2.75, 3.05) is 0 Å². The standard InChI is InChI=1S/C10H6BrClN2O/c11-7-3-1-6(2-4-7)9-8(5-15)10(12)14-13-9/h1-5H,(H,13,14). The van der Waals surface area contributed by atoms with E-state index in [1.54, 1.807) is 0 Å². The maximum absolute atomic E-state index is 10.8. The van der Waals surface area contributed by atoms with E-state index < -0.39 is 0 Å². The SMILES string of the molecule is O=Cc1c(-c2ccc(Br)cc2)n[nH]c1Cl. The molecular weight excluding hydrogens is 279 g/mol. The van der Waals surface area contributed by atoms with Crippen molar-refractivity contribution in [1.29, 1.82) is 0 Å². The van der Waals surface area contributed by atoms with Gasteiger partial charge in [0.1, 0.15) is 10.8 Å². The Morgan fingerprint density at radius 1 is 1.33 bits per heavy atom. The fourth-order valence-corrected chi connectivity index (χ4v) is 1.71. The highest BCUT2D eigenvalue weighted by atomic mass is 79.9. The van der Waals surface area contributed by atoms with Crippen molar-refractivity contribution >= 4 is 33.8 Å². The number of aldehydes is 1. The lowest BCUT2D eigenvalue weighted by Crippen LogP contribution is -1.84. The fourth-order valence-electron chi connectivity index (χ4n) is 1.26. The van der Waals surface area contributed by atoms with Crippen molar-refractivity contribution in [1.82, 2.24) is 10.2 Å². The predicted octanol–water partition coefficient (Wildman–Crippen LogP) is 3.31. The highest BCUT2D eigenvalue weighted by molar-refractivity contribution is 9.10. The van der Waals surface area contributed by atoms with Gasteiger partial charge < -0.3 is 0 Å². The molecular formula is C10H6BrClN2O. The molecule has 1 aromatic heterocycles. The Morgan fingerprint density at radius 2 is 2.00 bits per heavy atom. The molecule has 0 aliphatic heterocycles. The Balaban J connectivity index is 2.53. The van der Waals surface area contributed by atoms with Crippen LogP contribution in [0.5, 0.6) is 0 Å². The maximum Gasteiger partial charge on any atom is 0.155 e. The summed E-state index contributed by atoms with van der Waals surface area (Å²) in [5.74, 6) is 0. The molecule has 0 atom stereocenters. The minimum absolute atomic E-state index is 0.267. The summed E-state index contributed by atoms with van der Waals surface area (Å²) in [6.45, 7) is 0. The highest BCUT2D eigenvalue weighted by Crippen LogP contribution is 2.26. The number of aromatic nitrogens is 2. The van der Waals surface area contributed by atoms with E-state index in [1.165, 1.54) is 0 Å². The van der Waals surface area contributed by atoms with Crippen LogP contribution in [-0.2, 0) is 0 Å². The average Bonchev–Trinajstić information content (AvgIpc) is 2.61. The lowest BCUT2D eigenvalue weighted by atomic mass is 10.1. The Bertz CT molecular complexity index is 493. The number of carbonyl (C=O) groups is 1. The summed E-state index contributed by atoms with van der Waals surface area (Å²) in [5.41, 5.74) is 1.81. The largest absolute Gasteiger partial charge is 0.298 e. The number of nitrogens with zero attached hydrogens (tertiary/aromatic N) is 1. The molecule has 0 aliphatic carbocycles. The van der Waals surface area contributed by atoms with Crippen molar-refractivity contribution in [2.24, 2.45) is 0 Å². The van der Waals surface area contributed by atoms with Crippen molar-refractivity contribution in [3.8, 4) is 11.3 Å². The number of aromatic amines is 1. The number of benzene rings is 1. The van der Waals surface area contributed by atoms with Crippen LogP contribution < -0.4 is 0 Å². The average molecular weight is 286 g/mol. The van der Waals surface area contributed by atoms with Crippen LogP contribution in [0.1, 0.15) is 10.4 Å². The molecule has 1 aromatic carbocycles. The summed E-state index contributed by atoms with van der Waals surface area (Å²) >= 11 is 9.10. The van der Waals surface area contributed by atoms with Gasteiger partial charge in [-0.25, -0.2) is 0 Å². The Hall–Kier alpha value is -1.13. The third-order valence-corrected chi connectivity index (χ3v) is 2.81. The molecule has 15 heavy (non-hydrogen) atoms. The summed E-state index contributed by atoms with van der Waals surface area (Å²) in [7, 11) is 0. The number of hydrogen-bond acceptors (Lipinski definition) is 2. The second kappa shape index (κ2) is 4.16. The van der Waals surface area contributed by atoms with Gasteiger partial charge in [0.25, 0.3) is 0 Å². The molecule has 0 fully saturated rings. The van der Waals surface area contributed by atoms with Crippen LogP contribution in [0.4, 0.5) is 0 Å². The first-order valence-electron chi connectivity index (χ1n) is 4.17. The van der Waals surface area contributed by atoms with Gasteiger partial charge in [0.2, 0.25) is 0 Å². The number of rotatable bonds is 2. The number of halogens is 2. The van der Waals surface area contributed by atoms with Gasteiger partial charge in [0.15, 0.2) is 6.29 Å². The molecule has 1 N–H and O–H groups in total. The summed E-state index contributed by atoms with van der Waals surface area (Å²) in [6.07, 6.45) is 0.698. The van der Waals surface area contributed by atoms with Gasteiger partial charge >= 0.3 is 0 Å². The zero-order valence-corrected chi connectivity index (χ0v) is 9.84. The van der Waals surface area contributed by atoms with Crippen LogP contribution >= 0.6 is 27.5 Å². The minimum atomic E-state index is 0.267. The smallest absolute Gasteiger partial charge is 0.155 e. The van der Waals surface area contributed by atoms with Crippen LogP contribution in [0.3, 0.4) is 0 Å². The van der Waals surface area contributed by atoms with E-state index in [4.69, 9.17) is 11.6 Å². The molecule has 2 rings (SSSR count). The van der Waals surface area contributed by atoms with Crippen molar-refractivity contribution < 1.29 is 4.79 Å². The van der Waals surface area contributed by atoms with E-state index in [-0.39, 0.29) is 5.15 Å². The van der Waals surface area contributed by atoms with E-state index >= 15 is 0 Å². The third kappa shape index (κ3) is 1.96. The van der Waals surface area contributed by atoms with Crippen molar-refractivity contribution in [2.45, 2.75) is 0 Å². The van der Waals surface area contributed by atoms with E-state index in [1.807, 2.05) is 24.3 Å². The van der Waals surface area contributed by atoms with Gasteiger partial charge in [-0.2, -0.15) is 5.10 Å². The monoisotopic (exact) mass is 284 g/mol. The molecule has 0 bridgehead atoms. The second-order valence-electron chi connectivity index (χ2n) is 2.92. The van der Waals surface area contributed by atoms with Crippen LogP contribution in [0.25, 0.3) is 11.3 Å². The lowest BCUT2D eigenvalue weighted by molar-refractivity contribution is 0.112. The molecule has 0 unspecified atom stereocenters. The second-order valence-corrected chi connectivity index (χ2v) is 4.22.